The first-order valence-corrected chi connectivity index (χ1v) is 12.3. The lowest BCUT2D eigenvalue weighted by atomic mass is 9.94. The Labute approximate surface area is 198 Å². The van der Waals surface area contributed by atoms with Crippen molar-refractivity contribution >= 4 is 28.6 Å². The zero-order valence-corrected chi connectivity index (χ0v) is 20.1. The van der Waals surface area contributed by atoms with E-state index in [0.29, 0.717) is 29.5 Å². The third-order valence-electron chi connectivity index (χ3n) is 6.72. The fourth-order valence-corrected chi connectivity index (χ4v) is 4.83. The molecule has 0 aliphatic heterocycles. The van der Waals surface area contributed by atoms with Crippen molar-refractivity contribution < 1.29 is 14.3 Å². The van der Waals surface area contributed by atoms with E-state index in [4.69, 9.17) is 9.72 Å². The van der Waals surface area contributed by atoms with E-state index in [9.17, 15) is 14.4 Å². The number of hydrogen-bond acceptors (Lipinski definition) is 5. The molecule has 1 fully saturated rings. The molecule has 3 aromatic rings. The van der Waals surface area contributed by atoms with Crippen molar-refractivity contribution in [2.24, 2.45) is 10.9 Å². The fourth-order valence-electron chi connectivity index (χ4n) is 4.83. The molecule has 0 bridgehead atoms. The molecule has 1 saturated carbocycles. The van der Waals surface area contributed by atoms with Crippen molar-refractivity contribution in [3.05, 3.63) is 51.9 Å². The molecule has 0 spiro atoms. The molecule has 0 aromatic carbocycles. The molecule has 0 saturated heterocycles. The molecular weight excluding hydrogens is 432 g/mol. The number of carbonyl (C=O) groups excluding carboxylic acids is 2. The Hall–Kier alpha value is -3.29. The Morgan fingerprint density at radius 3 is 2.56 bits per heavy atom. The largest absolute Gasteiger partial charge is 0.462 e. The van der Waals surface area contributed by atoms with Crippen molar-refractivity contribution in [1.29, 1.82) is 0 Å². The lowest BCUT2D eigenvalue weighted by Gasteiger charge is -2.27. The van der Waals surface area contributed by atoms with Gasteiger partial charge in [0.2, 0.25) is 0 Å². The van der Waals surface area contributed by atoms with Crippen LogP contribution in [0.25, 0.3) is 16.7 Å². The normalized spacial score (nSPS) is 15.4. The Morgan fingerprint density at radius 2 is 1.88 bits per heavy atom. The molecule has 3 aromatic heterocycles. The standard InChI is InChI=1S/C26H32N4O4/c1-4-17(5-2)24(31)28-23-20(26(33)34-6-3)16-19-22(30(23)18-12-8-7-9-13-18)27-21-14-10-11-15-29(21)25(19)32/h10-11,14-18H,4-9,12-13H2,1-3H3. The summed E-state index contributed by atoms with van der Waals surface area (Å²) in [6.07, 6.45) is 7.89. The number of hydrogen-bond donors (Lipinski definition) is 0. The molecule has 8 heteroatoms. The molecule has 3 heterocycles. The van der Waals surface area contributed by atoms with Crippen molar-refractivity contribution in [2.45, 2.75) is 71.8 Å². The van der Waals surface area contributed by atoms with Gasteiger partial charge in [-0.05, 0) is 50.8 Å². The molecule has 0 radical (unpaired) electrons. The first-order chi connectivity index (χ1) is 16.5. The van der Waals surface area contributed by atoms with Gasteiger partial charge in [-0.25, -0.2) is 9.78 Å². The van der Waals surface area contributed by atoms with Gasteiger partial charge in [0, 0.05) is 18.2 Å². The molecule has 4 rings (SSSR count). The number of nitrogens with zero attached hydrogens (tertiary/aromatic N) is 4. The van der Waals surface area contributed by atoms with Crippen molar-refractivity contribution in [3.63, 3.8) is 0 Å². The maximum Gasteiger partial charge on any atom is 0.341 e. The quantitative estimate of drug-likeness (QED) is 0.403. The summed E-state index contributed by atoms with van der Waals surface area (Å²) in [6.45, 7) is 5.82. The molecule has 1 aliphatic rings. The van der Waals surface area contributed by atoms with Gasteiger partial charge in [-0.2, -0.15) is 4.99 Å². The van der Waals surface area contributed by atoms with Gasteiger partial charge < -0.3 is 9.30 Å². The van der Waals surface area contributed by atoms with Crippen LogP contribution in [0.15, 0.2) is 40.2 Å². The number of carbonyl (C=O) groups is 2. The van der Waals surface area contributed by atoms with E-state index in [2.05, 4.69) is 4.99 Å². The second-order valence-corrected chi connectivity index (χ2v) is 8.81. The van der Waals surface area contributed by atoms with Crippen LogP contribution in [0.5, 0.6) is 0 Å². The number of esters is 1. The van der Waals surface area contributed by atoms with Crippen LogP contribution in [0, 0.1) is 5.92 Å². The van der Waals surface area contributed by atoms with Gasteiger partial charge in [0.05, 0.1) is 12.0 Å². The van der Waals surface area contributed by atoms with Crippen LogP contribution in [0.4, 0.5) is 0 Å². The van der Waals surface area contributed by atoms with Crippen LogP contribution >= 0.6 is 0 Å². The van der Waals surface area contributed by atoms with E-state index < -0.39 is 5.97 Å². The van der Waals surface area contributed by atoms with Crippen LogP contribution < -0.4 is 11.0 Å². The monoisotopic (exact) mass is 464 g/mol. The summed E-state index contributed by atoms with van der Waals surface area (Å²) in [5.74, 6) is -1.10. The smallest absolute Gasteiger partial charge is 0.341 e. The highest BCUT2D eigenvalue weighted by molar-refractivity contribution is 5.94. The summed E-state index contributed by atoms with van der Waals surface area (Å²) in [7, 11) is 0. The first-order valence-electron chi connectivity index (χ1n) is 12.3. The zero-order chi connectivity index (χ0) is 24.2. The lowest BCUT2D eigenvalue weighted by molar-refractivity contribution is -0.122. The summed E-state index contributed by atoms with van der Waals surface area (Å²) in [5, 5.41) is 0.311. The third kappa shape index (κ3) is 4.41. The van der Waals surface area contributed by atoms with Crippen molar-refractivity contribution in [2.75, 3.05) is 6.61 Å². The van der Waals surface area contributed by atoms with E-state index in [1.165, 1.54) is 10.5 Å². The minimum Gasteiger partial charge on any atom is -0.462 e. The van der Waals surface area contributed by atoms with Gasteiger partial charge in [0.1, 0.15) is 16.9 Å². The molecule has 180 valence electrons. The third-order valence-corrected chi connectivity index (χ3v) is 6.72. The highest BCUT2D eigenvalue weighted by atomic mass is 16.5. The Morgan fingerprint density at radius 1 is 1.15 bits per heavy atom. The summed E-state index contributed by atoms with van der Waals surface area (Å²) in [4.78, 5) is 49.0. The summed E-state index contributed by atoms with van der Waals surface area (Å²) < 4.78 is 8.67. The summed E-state index contributed by atoms with van der Waals surface area (Å²) >= 11 is 0. The number of fused-ring (bicyclic) bond motifs is 2. The lowest BCUT2D eigenvalue weighted by Crippen LogP contribution is -2.36. The van der Waals surface area contributed by atoms with E-state index in [1.807, 2.05) is 24.5 Å². The Bertz CT molecular complexity index is 1340. The van der Waals surface area contributed by atoms with Gasteiger partial charge in [-0.3, -0.25) is 14.0 Å². The molecule has 8 nitrogen and oxygen atoms in total. The second-order valence-electron chi connectivity index (χ2n) is 8.81. The maximum atomic E-state index is 13.5. The molecule has 0 unspecified atom stereocenters. The van der Waals surface area contributed by atoms with Gasteiger partial charge in [0.25, 0.3) is 11.5 Å². The Kier molecular flexibility index (Phi) is 7.24. The molecule has 34 heavy (non-hydrogen) atoms. The predicted octanol–water partition coefficient (Wildman–Crippen LogP) is 4.19. The number of amides is 1. The summed E-state index contributed by atoms with van der Waals surface area (Å²) in [5.41, 5.74) is 1.07. The SMILES string of the molecule is CCOC(=O)c1cc2c(=O)n3ccccc3nc2n(C2CCCCC2)c1=NC(=O)C(CC)CC. The van der Waals surface area contributed by atoms with Gasteiger partial charge in [-0.15, -0.1) is 0 Å². The number of aromatic nitrogens is 3. The van der Waals surface area contributed by atoms with E-state index >= 15 is 0 Å². The number of rotatable bonds is 6. The van der Waals surface area contributed by atoms with Crippen LogP contribution in [0.2, 0.25) is 0 Å². The van der Waals surface area contributed by atoms with Crippen LogP contribution in [-0.2, 0) is 9.53 Å². The molecule has 0 atom stereocenters. The predicted molar refractivity (Wildman–Crippen MR) is 130 cm³/mol. The summed E-state index contributed by atoms with van der Waals surface area (Å²) in [6, 6.07) is 6.85. The molecular formula is C26H32N4O4. The minimum absolute atomic E-state index is 0.0167. The van der Waals surface area contributed by atoms with Gasteiger partial charge in [-0.1, -0.05) is 39.2 Å². The minimum atomic E-state index is -0.595. The average Bonchev–Trinajstić information content (AvgIpc) is 2.85. The van der Waals surface area contributed by atoms with E-state index in [1.54, 1.807) is 25.3 Å². The van der Waals surface area contributed by atoms with Crippen molar-refractivity contribution in [1.82, 2.24) is 14.0 Å². The highest BCUT2D eigenvalue weighted by Gasteiger charge is 2.26. The highest BCUT2D eigenvalue weighted by Crippen LogP contribution is 2.29. The number of pyridine rings is 2. The zero-order valence-electron chi connectivity index (χ0n) is 20.1. The topological polar surface area (TPSA) is 95.0 Å². The van der Waals surface area contributed by atoms with Gasteiger partial charge in [0.15, 0.2) is 5.49 Å². The Balaban J connectivity index is 2.15. The van der Waals surface area contributed by atoms with E-state index in [-0.39, 0.29) is 41.1 Å². The molecule has 1 aliphatic carbocycles. The van der Waals surface area contributed by atoms with Gasteiger partial charge >= 0.3 is 5.97 Å². The molecule has 0 N–H and O–H groups in total. The van der Waals surface area contributed by atoms with E-state index in [0.717, 1.165) is 32.1 Å². The fraction of sp³-hybridized carbons (Fsp3) is 0.500. The first kappa shape index (κ1) is 23.9. The number of ether oxygens (including phenoxy) is 1. The van der Waals surface area contributed by atoms with Crippen LogP contribution in [0.3, 0.4) is 0 Å². The van der Waals surface area contributed by atoms with Crippen molar-refractivity contribution in [3.8, 4) is 0 Å². The average molecular weight is 465 g/mol. The van der Waals surface area contributed by atoms with Crippen LogP contribution in [-0.4, -0.2) is 32.4 Å². The van der Waals surface area contributed by atoms with Crippen LogP contribution in [0.1, 0.15) is 82.1 Å². The molecule has 1 amide bonds. The maximum absolute atomic E-state index is 13.5. The second kappa shape index (κ2) is 10.3.